The predicted molar refractivity (Wildman–Crippen MR) is 152 cm³/mol. The highest BCUT2D eigenvalue weighted by Gasteiger charge is 2.09. The number of Topliss-reactive ketones (excluding diaryl/α,β-unsaturated/α-hetero) is 4. The van der Waals surface area contributed by atoms with Crippen LogP contribution in [0.3, 0.4) is 0 Å². The maximum Gasteiger partial charge on any atom is 0.373 e. The van der Waals surface area contributed by atoms with Gasteiger partial charge in [-0.2, -0.15) is 9.59 Å². The highest BCUT2D eigenvalue weighted by Crippen LogP contribution is 2.11. The van der Waals surface area contributed by atoms with Crippen molar-refractivity contribution >= 4 is 86.1 Å². The zero-order valence-corrected chi connectivity index (χ0v) is 25.9. The lowest BCUT2D eigenvalue weighted by Crippen LogP contribution is -2.23. The zero-order chi connectivity index (χ0) is 31.6. The largest absolute Gasteiger partial charge is 0.475 e. The van der Waals surface area contributed by atoms with Gasteiger partial charge in [-0.1, -0.05) is 48.9 Å². The summed E-state index contributed by atoms with van der Waals surface area (Å²) >= 11 is 8.91. The van der Waals surface area contributed by atoms with Crippen LogP contribution in [0, 0.1) is 17.8 Å². The summed E-state index contributed by atoms with van der Waals surface area (Å²) in [5.41, 5.74) is 5.21. The normalized spacial score (nSPS) is 11.1. The summed E-state index contributed by atoms with van der Waals surface area (Å²) in [4.78, 5) is 81.8. The Morgan fingerprint density at radius 3 is 1.77 bits per heavy atom. The molecular weight excluding hydrogens is 618 g/mol. The number of alkyl halides is 1. The molecule has 0 aliphatic heterocycles. The van der Waals surface area contributed by atoms with E-state index in [0.29, 0.717) is 24.4 Å². The van der Waals surface area contributed by atoms with Crippen LogP contribution in [0.2, 0.25) is 0 Å². The van der Waals surface area contributed by atoms with E-state index < -0.39 is 11.8 Å². The number of hydrogen-bond acceptors (Lipinski definition) is 11. The van der Waals surface area contributed by atoms with Crippen molar-refractivity contribution in [3.8, 4) is 0 Å². The van der Waals surface area contributed by atoms with E-state index in [1.54, 1.807) is 38.3 Å². The summed E-state index contributed by atoms with van der Waals surface area (Å²) < 4.78 is 0. The van der Waals surface area contributed by atoms with E-state index in [1.165, 1.54) is 6.92 Å². The number of aromatic nitrogens is 1. The highest BCUT2D eigenvalue weighted by molar-refractivity contribution is 9.09. The summed E-state index contributed by atoms with van der Waals surface area (Å²) in [7, 11) is 0. The Hall–Kier alpha value is -3.00. The Balaban J connectivity index is -0.000000205. The van der Waals surface area contributed by atoms with E-state index in [2.05, 4.69) is 38.4 Å². The molecule has 39 heavy (non-hydrogen) atoms. The van der Waals surface area contributed by atoms with Gasteiger partial charge in [0.2, 0.25) is 12.2 Å². The SMILES string of the molecule is CC(=O)C(C)CC(N)=S.CC(=O)C(C)CNC=O.CC(=O)C(C)Cc1nccs1.O=C(O)C(=O)CBr.O=C=O. The molecule has 0 saturated carbocycles. The van der Waals surface area contributed by atoms with Gasteiger partial charge in [-0.15, -0.1) is 11.3 Å². The van der Waals surface area contributed by atoms with E-state index in [-0.39, 0.29) is 46.6 Å². The maximum atomic E-state index is 10.8. The summed E-state index contributed by atoms with van der Waals surface area (Å²) in [6, 6.07) is 0. The predicted octanol–water partition coefficient (Wildman–Crippen LogP) is 2.21. The van der Waals surface area contributed by atoms with Gasteiger partial charge >= 0.3 is 12.1 Å². The number of carboxylic acid groups (broad SMARTS) is 1. The minimum absolute atomic E-state index is 0.0116. The number of nitrogens with two attached hydrogens (primary N) is 1. The van der Waals surface area contributed by atoms with E-state index in [0.717, 1.165) is 11.4 Å². The zero-order valence-electron chi connectivity index (χ0n) is 22.7. The first-order valence-electron chi connectivity index (χ1n) is 11.2. The third-order valence-electron chi connectivity index (χ3n) is 4.42. The number of ketones is 4. The molecule has 1 aromatic rings. The number of hydrogen-bond donors (Lipinski definition) is 3. The monoisotopic (exact) mass is 653 g/mol. The molecule has 0 aromatic carbocycles. The molecule has 0 bridgehead atoms. The van der Waals surface area contributed by atoms with E-state index in [1.807, 2.05) is 19.2 Å². The van der Waals surface area contributed by atoms with Crippen molar-refractivity contribution in [1.29, 1.82) is 0 Å². The fourth-order valence-electron chi connectivity index (χ4n) is 1.63. The Labute approximate surface area is 245 Å². The third kappa shape index (κ3) is 33.0. The highest BCUT2D eigenvalue weighted by atomic mass is 79.9. The summed E-state index contributed by atoms with van der Waals surface area (Å²) in [5, 5.41) is 13.1. The van der Waals surface area contributed by atoms with E-state index in [9.17, 15) is 28.8 Å². The van der Waals surface area contributed by atoms with Gasteiger partial charge in [0.05, 0.1) is 15.3 Å². The molecule has 1 rings (SSSR count). The average molecular weight is 655 g/mol. The number of carbonyl (C=O) groups is 6. The molecule has 1 heterocycles. The van der Waals surface area contributed by atoms with Gasteiger partial charge in [0.1, 0.15) is 17.3 Å². The van der Waals surface area contributed by atoms with Crippen LogP contribution in [0.25, 0.3) is 0 Å². The van der Waals surface area contributed by atoms with Crippen LogP contribution in [0.5, 0.6) is 0 Å². The van der Waals surface area contributed by atoms with Crippen LogP contribution >= 0.6 is 39.5 Å². The lowest BCUT2D eigenvalue weighted by molar-refractivity contribution is -0.191. The second-order valence-electron chi connectivity index (χ2n) is 7.81. The number of thiocarbonyl (C=S) groups is 1. The summed E-state index contributed by atoms with van der Waals surface area (Å²) in [6.07, 6.45) is 3.93. The number of aliphatic carboxylic acids is 1. The van der Waals surface area contributed by atoms with Gasteiger partial charge in [-0.05, 0) is 20.8 Å². The molecule has 15 heteroatoms. The molecule has 0 aliphatic carbocycles. The molecule has 0 aliphatic rings. The first-order valence-corrected chi connectivity index (χ1v) is 13.6. The van der Waals surface area contributed by atoms with Crippen molar-refractivity contribution in [2.45, 2.75) is 54.4 Å². The molecule has 12 nitrogen and oxygen atoms in total. The molecule has 220 valence electrons. The fourth-order valence-corrected chi connectivity index (χ4v) is 2.87. The van der Waals surface area contributed by atoms with Crippen molar-refractivity contribution in [2.75, 3.05) is 11.9 Å². The van der Waals surface area contributed by atoms with Crippen LogP contribution in [0.4, 0.5) is 0 Å². The number of nitrogens with zero attached hydrogens (tertiary/aromatic N) is 1. The summed E-state index contributed by atoms with van der Waals surface area (Å²) in [6.45, 7) is 10.7. The molecular formula is C24H36BrN3O9S2. The molecule has 0 spiro atoms. The van der Waals surface area contributed by atoms with Crippen molar-refractivity contribution < 1.29 is 43.5 Å². The molecule has 0 saturated heterocycles. The second-order valence-corrected chi connectivity index (χ2v) is 9.87. The molecule has 0 radical (unpaired) electrons. The lowest BCUT2D eigenvalue weighted by Gasteiger charge is -2.03. The van der Waals surface area contributed by atoms with Gasteiger partial charge in [0.15, 0.2) is 0 Å². The average Bonchev–Trinajstić information content (AvgIpc) is 3.36. The maximum absolute atomic E-state index is 10.8. The van der Waals surface area contributed by atoms with Crippen molar-refractivity contribution in [1.82, 2.24) is 10.3 Å². The first-order chi connectivity index (χ1) is 18.0. The Kier molecular flexibility index (Phi) is 30.9. The number of carbonyl (C=O) groups excluding carboxylic acids is 7. The van der Waals surface area contributed by atoms with Crippen molar-refractivity contribution in [3.05, 3.63) is 16.6 Å². The fraction of sp³-hybridized carbons (Fsp3) is 0.542. The van der Waals surface area contributed by atoms with Crippen molar-refractivity contribution in [3.63, 3.8) is 0 Å². The van der Waals surface area contributed by atoms with Gasteiger partial charge in [0.25, 0.3) is 0 Å². The van der Waals surface area contributed by atoms with Crippen LogP contribution in [-0.2, 0) is 44.8 Å². The molecule has 1 amide bonds. The second kappa shape index (κ2) is 28.0. The number of nitrogens with one attached hydrogen (secondary N) is 1. The van der Waals surface area contributed by atoms with Crippen LogP contribution in [0.1, 0.15) is 53.0 Å². The molecule has 0 fully saturated rings. The molecule has 4 N–H and O–H groups in total. The lowest BCUT2D eigenvalue weighted by atomic mass is 10.0. The topological polar surface area (TPSA) is 208 Å². The van der Waals surface area contributed by atoms with Crippen molar-refractivity contribution in [2.24, 2.45) is 23.5 Å². The van der Waals surface area contributed by atoms with Gasteiger partial charge in [-0.3, -0.25) is 24.0 Å². The molecule has 3 atom stereocenters. The van der Waals surface area contributed by atoms with Gasteiger partial charge in [-0.25, -0.2) is 9.78 Å². The van der Waals surface area contributed by atoms with E-state index in [4.69, 9.17) is 20.4 Å². The minimum Gasteiger partial charge on any atom is -0.475 e. The minimum atomic E-state index is -1.39. The standard InChI is InChI=1S/C8H11NOS.C6H11NO2.C6H11NOS.C3H3BrO3.CO2/c1-6(7(2)10)5-8-9-3-4-11-8;1-5(6(2)9)3-7-4-8;1-4(5(2)8)3-6(7)9;4-1-2(5)3(6)7;2-1-3/h3-4,6H,5H2,1-2H3;4-5H,3H2,1-2H3,(H,7,8);4H,3H2,1-2H3,(H2,7,9);1H2,(H,6,7);. The first kappa shape index (κ1) is 43.1. The van der Waals surface area contributed by atoms with Crippen LogP contribution in [-0.4, -0.2) is 68.6 Å². The number of amides is 1. The van der Waals surface area contributed by atoms with Gasteiger partial charge in [0, 0.05) is 48.7 Å². The smallest absolute Gasteiger partial charge is 0.373 e. The number of carboxylic acids is 1. The Morgan fingerprint density at radius 2 is 1.54 bits per heavy atom. The third-order valence-corrected chi connectivity index (χ3v) is 5.90. The number of rotatable bonds is 12. The van der Waals surface area contributed by atoms with Gasteiger partial charge < -0.3 is 16.2 Å². The van der Waals surface area contributed by atoms with Crippen LogP contribution in [0.15, 0.2) is 11.6 Å². The van der Waals surface area contributed by atoms with Crippen LogP contribution < -0.4 is 11.1 Å². The number of thiazole rings is 1. The Bertz CT molecular complexity index is 935. The van der Waals surface area contributed by atoms with E-state index >= 15 is 0 Å². The molecule has 3 unspecified atom stereocenters. The quantitative estimate of drug-likeness (QED) is 0.128. The number of halogens is 1. The summed E-state index contributed by atoms with van der Waals surface area (Å²) in [5.74, 6) is -1.69. The molecule has 1 aromatic heterocycles. The Morgan fingerprint density at radius 1 is 1.08 bits per heavy atom.